The van der Waals surface area contributed by atoms with Gasteiger partial charge in [0.05, 0.1) is 7.11 Å². The lowest BCUT2D eigenvalue weighted by Crippen LogP contribution is -2.18. The molecule has 1 rings (SSSR count). The molecule has 0 aliphatic rings. The van der Waals surface area contributed by atoms with Crippen LogP contribution in [0, 0.1) is 0 Å². The lowest BCUT2D eigenvalue weighted by molar-refractivity contribution is 0.0263. The summed E-state index contributed by atoms with van der Waals surface area (Å²) in [4.78, 5) is 12.3. The Morgan fingerprint density at radius 3 is 2.21 bits per heavy atom. The molecule has 0 N–H and O–H groups in total. The highest BCUT2D eigenvalue weighted by Crippen LogP contribution is 2.21. The summed E-state index contributed by atoms with van der Waals surface area (Å²) < 4.78 is 10.9. The molecule has 0 fully saturated rings. The van der Waals surface area contributed by atoms with Gasteiger partial charge >= 0.3 is 5.97 Å². The van der Waals surface area contributed by atoms with Crippen molar-refractivity contribution in [3.63, 3.8) is 0 Å². The van der Waals surface area contributed by atoms with Crippen LogP contribution in [-0.4, -0.2) is 19.2 Å². The number of unbranched alkanes of at least 4 members (excludes halogenated alkanes) is 7. The monoisotopic (exact) mass is 334 g/mol. The van der Waals surface area contributed by atoms with Crippen LogP contribution < -0.4 is 4.74 Å². The molecule has 1 atom stereocenters. The highest BCUT2D eigenvalue weighted by molar-refractivity contribution is 5.92. The van der Waals surface area contributed by atoms with E-state index in [9.17, 15) is 4.79 Å². The van der Waals surface area contributed by atoms with Crippen LogP contribution in [0.25, 0.3) is 0 Å². The van der Waals surface area contributed by atoms with Gasteiger partial charge in [-0.3, -0.25) is 0 Å². The van der Waals surface area contributed by atoms with Gasteiger partial charge < -0.3 is 9.47 Å². The summed E-state index contributed by atoms with van der Waals surface area (Å²) in [5.41, 5.74) is 0.509. The Balaban J connectivity index is 2.28. The number of carbonyl (C=O) groups is 1. The minimum atomic E-state index is -0.279. The van der Waals surface area contributed by atoms with Gasteiger partial charge in [-0.25, -0.2) is 4.79 Å². The van der Waals surface area contributed by atoms with E-state index in [1.54, 1.807) is 19.2 Å². The average Bonchev–Trinajstić information content (AvgIpc) is 2.62. The van der Waals surface area contributed by atoms with Crippen molar-refractivity contribution in [2.45, 2.75) is 84.2 Å². The van der Waals surface area contributed by atoms with Gasteiger partial charge in [-0.2, -0.15) is 0 Å². The zero-order chi connectivity index (χ0) is 17.6. The first-order valence-corrected chi connectivity index (χ1v) is 9.56. The molecule has 24 heavy (non-hydrogen) atoms. The Bertz CT molecular complexity index is 456. The molecule has 0 aliphatic heterocycles. The van der Waals surface area contributed by atoms with Crippen LogP contribution in [-0.2, 0) is 4.74 Å². The van der Waals surface area contributed by atoms with Crippen LogP contribution in [0.4, 0.5) is 0 Å². The molecule has 0 saturated carbocycles. The maximum atomic E-state index is 12.3. The van der Waals surface area contributed by atoms with Gasteiger partial charge in [-0.15, -0.1) is 0 Å². The van der Waals surface area contributed by atoms with Gasteiger partial charge in [0.15, 0.2) is 0 Å². The zero-order valence-corrected chi connectivity index (χ0v) is 15.7. The molecular weight excluding hydrogens is 300 g/mol. The summed E-state index contributed by atoms with van der Waals surface area (Å²) in [6, 6.07) is 7.23. The van der Waals surface area contributed by atoms with E-state index in [4.69, 9.17) is 9.47 Å². The number of hydrogen-bond acceptors (Lipinski definition) is 3. The van der Waals surface area contributed by atoms with E-state index >= 15 is 0 Å². The van der Waals surface area contributed by atoms with E-state index in [1.165, 1.54) is 44.9 Å². The molecule has 0 spiro atoms. The Kier molecular flexibility index (Phi) is 11.0. The maximum absolute atomic E-state index is 12.3. The van der Waals surface area contributed by atoms with E-state index in [0.717, 1.165) is 19.3 Å². The van der Waals surface area contributed by atoms with Gasteiger partial charge in [0.1, 0.15) is 17.4 Å². The van der Waals surface area contributed by atoms with Gasteiger partial charge in [0.25, 0.3) is 0 Å². The lowest BCUT2D eigenvalue weighted by atomic mass is 10.0. The van der Waals surface area contributed by atoms with Crippen molar-refractivity contribution in [2.75, 3.05) is 7.11 Å². The van der Waals surface area contributed by atoms with E-state index in [0.29, 0.717) is 11.3 Å². The van der Waals surface area contributed by atoms with Crippen LogP contribution in [0.1, 0.15) is 88.4 Å². The molecule has 1 aromatic rings. The highest BCUT2D eigenvalue weighted by Gasteiger charge is 2.17. The second-order valence-electron chi connectivity index (χ2n) is 6.40. The normalized spacial score (nSPS) is 12.0. The van der Waals surface area contributed by atoms with Crippen LogP contribution in [0.5, 0.6) is 5.75 Å². The molecule has 0 amide bonds. The molecule has 0 aromatic heterocycles. The first-order valence-electron chi connectivity index (χ1n) is 9.56. The highest BCUT2D eigenvalue weighted by atomic mass is 16.5. The fourth-order valence-corrected chi connectivity index (χ4v) is 2.88. The van der Waals surface area contributed by atoms with Crippen molar-refractivity contribution in [1.29, 1.82) is 0 Å². The fourth-order valence-electron chi connectivity index (χ4n) is 2.88. The van der Waals surface area contributed by atoms with Gasteiger partial charge in [-0.05, 0) is 31.4 Å². The summed E-state index contributed by atoms with van der Waals surface area (Å²) in [6.45, 7) is 4.32. The van der Waals surface area contributed by atoms with Crippen molar-refractivity contribution in [1.82, 2.24) is 0 Å². The molecule has 0 saturated heterocycles. The molecule has 3 nitrogen and oxygen atoms in total. The maximum Gasteiger partial charge on any atom is 0.342 e. The predicted octanol–water partition coefficient (Wildman–Crippen LogP) is 6.16. The van der Waals surface area contributed by atoms with Gasteiger partial charge in [0, 0.05) is 0 Å². The minimum Gasteiger partial charge on any atom is -0.496 e. The van der Waals surface area contributed by atoms with Crippen molar-refractivity contribution in [3.8, 4) is 5.75 Å². The number of methoxy groups -OCH3 is 1. The largest absolute Gasteiger partial charge is 0.496 e. The quantitative estimate of drug-likeness (QED) is 0.320. The van der Waals surface area contributed by atoms with Crippen LogP contribution in [0.15, 0.2) is 24.3 Å². The first kappa shape index (κ1) is 20.5. The zero-order valence-electron chi connectivity index (χ0n) is 15.7. The van der Waals surface area contributed by atoms with E-state index in [-0.39, 0.29) is 12.1 Å². The number of ether oxygens (including phenoxy) is 2. The summed E-state index contributed by atoms with van der Waals surface area (Å²) in [5.74, 6) is 0.295. The van der Waals surface area contributed by atoms with Crippen molar-refractivity contribution < 1.29 is 14.3 Å². The van der Waals surface area contributed by atoms with Crippen LogP contribution >= 0.6 is 0 Å². The smallest absolute Gasteiger partial charge is 0.342 e. The number of para-hydroxylation sites is 1. The molecule has 0 heterocycles. The molecule has 0 radical (unpaired) electrons. The third-order valence-electron chi connectivity index (χ3n) is 4.44. The number of esters is 1. The van der Waals surface area contributed by atoms with Gasteiger partial charge in [-0.1, -0.05) is 70.9 Å². The van der Waals surface area contributed by atoms with E-state index in [2.05, 4.69) is 13.8 Å². The third kappa shape index (κ3) is 7.85. The topological polar surface area (TPSA) is 35.5 Å². The molecule has 1 aromatic carbocycles. The van der Waals surface area contributed by atoms with Crippen molar-refractivity contribution >= 4 is 5.97 Å². The summed E-state index contributed by atoms with van der Waals surface area (Å²) in [6.07, 6.45) is 12.2. The number of hydrogen-bond donors (Lipinski definition) is 0. The predicted molar refractivity (Wildman–Crippen MR) is 99.7 cm³/mol. The van der Waals surface area contributed by atoms with Crippen molar-refractivity contribution in [2.24, 2.45) is 0 Å². The number of carbonyl (C=O) groups excluding carboxylic acids is 1. The second kappa shape index (κ2) is 12.9. The summed E-state index contributed by atoms with van der Waals surface area (Å²) in [7, 11) is 1.57. The lowest BCUT2D eigenvalue weighted by Gasteiger charge is -2.17. The summed E-state index contributed by atoms with van der Waals surface area (Å²) >= 11 is 0. The van der Waals surface area contributed by atoms with Crippen LogP contribution in [0.3, 0.4) is 0 Å². The summed E-state index contributed by atoms with van der Waals surface area (Å²) in [5, 5.41) is 0. The molecule has 0 aliphatic carbocycles. The second-order valence-corrected chi connectivity index (χ2v) is 6.40. The number of rotatable bonds is 13. The standard InChI is InChI=1S/C21H34O3/c1-4-6-7-8-9-10-11-12-15-18(5-2)24-21(22)19-16-13-14-17-20(19)23-3/h13-14,16-18H,4-12,15H2,1-3H3. The Morgan fingerprint density at radius 1 is 0.958 bits per heavy atom. The molecule has 0 bridgehead atoms. The third-order valence-corrected chi connectivity index (χ3v) is 4.44. The SMILES string of the molecule is CCCCCCCCCCC(CC)OC(=O)c1ccccc1OC. The Morgan fingerprint density at radius 2 is 1.58 bits per heavy atom. The van der Waals surface area contributed by atoms with E-state index < -0.39 is 0 Å². The Labute approximate surface area is 147 Å². The molecular formula is C21H34O3. The molecule has 3 heteroatoms. The first-order chi connectivity index (χ1) is 11.7. The van der Waals surface area contributed by atoms with Crippen molar-refractivity contribution in [3.05, 3.63) is 29.8 Å². The molecule has 136 valence electrons. The minimum absolute atomic E-state index is 0.00232. The van der Waals surface area contributed by atoms with Gasteiger partial charge in [0.2, 0.25) is 0 Å². The number of benzene rings is 1. The average molecular weight is 335 g/mol. The molecule has 1 unspecified atom stereocenters. The fraction of sp³-hybridized carbons (Fsp3) is 0.667. The Hall–Kier alpha value is -1.51. The van der Waals surface area contributed by atoms with E-state index in [1.807, 2.05) is 12.1 Å². The van der Waals surface area contributed by atoms with Crippen LogP contribution in [0.2, 0.25) is 0 Å².